The van der Waals surface area contributed by atoms with Crippen LogP contribution in [-0.2, 0) is 0 Å². The van der Waals surface area contributed by atoms with Crippen LogP contribution in [0.2, 0.25) is 0 Å². The Morgan fingerprint density at radius 1 is 1.43 bits per heavy atom. The van der Waals surface area contributed by atoms with Gasteiger partial charge in [-0.1, -0.05) is 12.1 Å². The van der Waals surface area contributed by atoms with Crippen LogP contribution in [0, 0.1) is 5.82 Å². The van der Waals surface area contributed by atoms with E-state index < -0.39 is 5.60 Å². The highest BCUT2D eigenvalue weighted by Gasteiger charge is 2.32. The zero-order chi connectivity index (χ0) is 14.7. The van der Waals surface area contributed by atoms with Gasteiger partial charge in [0.2, 0.25) is 0 Å². The van der Waals surface area contributed by atoms with Gasteiger partial charge in [0.1, 0.15) is 11.6 Å². The largest absolute Gasteiger partial charge is 0.388 e. The third-order valence-electron chi connectivity index (χ3n) is 3.71. The molecule has 1 aliphatic rings. The smallest absolute Gasteiger partial charge is 0.127 e. The second kappa shape index (κ2) is 6.17. The lowest BCUT2D eigenvalue weighted by Gasteiger charge is -2.25. The van der Waals surface area contributed by atoms with Crippen molar-refractivity contribution in [2.24, 2.45) is 0 Å². The first kappa shape index (κ1) is 14.6. The summed E-state index contributed by atoms with van der Waals surface area (Å²) < 4.78 is 13.1. The summed E-state index contributed by atoms with van der Waals surface area (Å²) in [6, 6.07) is 6.17. The first-order valence-corrected chi connectivity index (χ1v) is 8.10. The zero-order valence-corrected chi connectivity index (χ0v) is 12.4. The van der Waals surface area contributed by atoms with E-state index in [4.69, 9.17) is 0 Å². The van der Waals surface area contributed by atoms with Crippen LogP contribution in [0.5, 0.6) is 0 Å². The normalized spacial score (nSPS) is 23.3. The van der Waals surface area contributed by atoms with Gasteiger partial charge in [-0.3, -0.25) is 0 Å². The van der Waals surface area contributed by atoms with Crippen LogP contribution in [-0.4, -0.2) is 38.7 Å². The summed E-state index contributed by atoms with van der Waals surface area (Å²) in [7, 11) is 0. The van der Waals surface area contributed by atoms with Crippen molar-refractivity contribution in [2.75, 3.05) is 18.1 Å². The van der Waals surface area contributed by atoms with Crippen molar-refractivity contribution in [1.29, 1.82) is 0 Å². The van der Waals surface area contributed by atoms with Crippen LogP contribution in [0.1, 0.15) is 23.9 Å². The van der Waals surface area contributed by atoms with Crippen LogP contribution < -0.4 is 5.32 Å². The Morgan fingerprint density at radius 3 is 2.86 bits per heavy atom. The number of halogens is 1. The molecule has 0 spiro atoms. The Labute approximate surface area is 127 Å². The molecule has 2 atom stereocenters. The van der Waals surface area contributed by atoms with Gasteiger partial charge < -0.3 is 15.4 Å². The van der Waals surface area contributed by atoms with E-state index in [9.17, 15) is 9.50 Å². The van der Waals surface area contributed by atoms with Gasteiger partial charge in [-0.05, 0) is 29.9 Å². The number of benzene rings is 1. The minimum Gasteiger partial charge on any atom is -0.388 e. The molecule has 1 saturated heterocycles. The highest BCUT2D eigenvalue weighted by molar-refractivity contribution is 7.99. The molecule has 0 saturated carbocycles. The summed E-state index contributed by atoms with van der Waals surface area (Å²) >= 11 is 1.76. The summed E-state index contributed by atoms with van der Waals surface area (Å²) in [6.45, 7) is 0.489. The molecular weight excluding hydrogens is 289 g/mol. The lowest BCUT2D eigenvalue weighted by Crippen LogP contribution is -2.42. The van der Waals surface area contributed by atoms with Crippen LogP contribution >= 0.6 is 11.8 Å². The molecule has 1 aromatic carbocycles. The number of thioether (sulfide) groups is 1. The zero-order valence-electron chi connectivity index (χ0n) is 11.6. The van der Waals surface area contributed by atoms with E-state index in [1.54, 1.807) is 36.3 Å². The number of rotatable bonds is 5. The number of hydrogen-bond donors (Lipinski definition) is 3. The third kappa shape index (κ3) is 3.45. The van der Waals surface area contributed by atoms with Crippen LogP contribution in [0.4, 0.5) is 4.39 Å². The van der Waals surface area contributed by atoms with Gasteiger partial charge >= 0.3 is 0 Å². The Hall–Kier alpha value is -1.37. The molecule has 3 rings (SSSR count). The van der Waals surface area contributed by atoms with Gasteiger partial charge in [-0.25, -0.2) is 9.37 Å². The van der Waals surface area contributed by atoms with E-state index in [0.717, 1.165) is 29.3 Å². The average Bonchev–Trinajstić information content (AvgIpc) is 3.13. The average molecular weight is 307 g/mol. The molecular formula is C15H18FN3OS. The van der Waals surface area contributed by atoms with Crippen molar-refractivity contribution in [3.8, 4) is 0 Å². The highest BCUT2D eigenvalue weighted by atomic mass is 32.2. The molecule has 1 fully saturated rings. The molecule has 2 unspecified atom stereocenters. The van der Waals surface area contributed by atoms with E-state index in [1.807, 2.05) is 0 Å². The SMILES string of the molecule is OC1(CNC(c2ccc(F)cc2)c2ncc[nH]2)CCSC1. The minimum atomic E-state index is -0.671. The number of nitrogens with zero attached hydrogens (tertiary/aromatic N) is 1. The molecule has 0 radical (unpaired) electrons. The van der Waals surface area contributed by atoms with E-state index in [0.29, 0.717) is 6.54 Å². The fraction of sp³-hybridized carbons (Fsp3) is 0.400. The molecule has 112 valence electrons. The van der Waals surface area contributed by atoms with Gasteiger partial charge in [0.15, 0.2) is 0 Å². The standard InChI is InChI=1S/C15H18FN3OS/c16-12-3-1-11(2-4-12)13(14-17-6-7-18-14)19-9-15(20)5-8-21-10-15/h1-4,6-7,13,19-20H,5,8-10H2,(H,17,18). The van der Waals surface area contributed by atoms with E-state index in [-0.39, 0.29) is 11.9 Å². The number of nitrogens with one attached hydrogen (secondary N) is 2. The molecule has 2 heterocycles. The predicted molar refractivity (Wildman–Crippen MR) is 81.7 cm³/mol. The second-order valence-corrected chi connectivity index (χ2v) is 6.47. The van der Waals surface area contributed by atoms with Crippen LogP contribution in [0.15, 0.2) is 36.7 Å². The molecule has 0 bridgehead atoms. The van der Waals surface area contributed by atoms with Crippen LogP contribution in [0.25, 0.3) is 0 Å². The summed E-state index contributed by atoms with van der Waals surface area (Å²) in [5, 5.41) is 13.8. The lowest BCUT2D eigenvalue weighted by molar-refractivity contribution is 0.0656. The van der Waals surface area contributed by atoms with Crippen molar-refractivity contribution in [1.82, 2.24) is 15.3 Å². The maximum atomic E-state index is 13.1. The van der Waals surface area contributed by atoms with Crippen molar-refractivity contribution in [3.05, 3.63) is 53.9 Å². The topological polar surface area (TPSA) is 60.9 Å². The monoisotopic (exact) mass is 307 g/mol. The van der Waals surface area contributed by atoms with E-state index >= 15 is 0 Å². The molecule has 6 heteroatoms. The summed E-state index contributed by atoms with van der Waals surface area (Å²) in [6.07, 6.45) is 4.24. The number of imidazole rings is 1. The molecule has 1 aromatic heterocycles. The first-order chi connectivity index (χ1) is 10.2. The molecule has 0 aliphatic carbocycles. The Balaban J connectivity index is 1.78. The molecule has 0 amide bonds. The number of aliphatic hydroxyl groups is 1. The summed E-state index contributed by atoms with van der Waals surface area (Å²) in [5.41, 5.74) is 0.246. The van der Waals surface area contributed by atoms with Gasteiger partial charge in [0, 0.05) is 24.7 Å². The predicted octanol–water partition coefficient (Wildman–Crippen LogP) is 2.10. The fourth-order valence-electron chi connectivity index (χ4n) is 2.49. The third-order valence-corrected chi connectivity index (χ3v) is 4.95. The maximum absolute atomic E-state index is 13.1. The highest BCUT2D eigenvalue weighted by Crippen LogP contribution is 2.28. The number of hydrogen-bond acceptors (Lipinski definition) is 4. The lowest BCUT2D eigenvalue weighted by atomic mass is 10.0. The summed E-state index contributed by atoms with van der Waals surface area (Å²) in [5.74, 6) is 2.23. The van der Waals surface area contributed by atoms with Crippen molar-refractivity contribution in [3.63, 3.8) is 0 Å². The van der Waals surface area contributed by atoms with Gasteiger partial charge in [-0.15, -0.1) is 0 Å². The van der Waals surface area contributed by atoms with E-state index in [1.165, 1.54) is 12.1 Å². The van der Waals surface area contributed by atoms with Crippen LogP contribution in [0.3, 0.4) is 0 Å². The van der Waals surface area contributed by atoms with Crippen molar-refractivity contribution in [2.45, 2.75) is 18.1 Å². The Morgan fingerprint density at radius 2 is 2.24 bits per heavy atom. The number of aromatic nitrogens is 2. The van der Waals surface area contributed by atoms with Gasteiger partial charge in [0.25, 0.3) is 0 Å². The number of H-pyrrole nitrogens is 1. The minimum absolute atomic E-state index is 0.185. The first-order valence-electron chi connectivity index (χ1n) is 6.95. The molecule has 3 N–H and O–H groups in total. The van der Waals surface area contributed by atoms with Crippen molar-refractivity contribution >= 4 is 11.8 Å². The number of aromatic amines is 1. The van der Waals surface area contributed by atoms with Gasteiger partial charge in [-0.2, -0.15) is 11.8 Å². The maximum Gasteiger partial charge on any atom is 0.127 e. The van der Waals surface area contributed by atoms with E-state index in [2.05, 4.69) is 15.3 Å². The Kier molecular flexibility index (Phi) is 4.28. The fourth-order valence-corrected chi connectivity index (χ4v) is 3.79. The second-order valence-electron chi connectivity index (χ2n) is 5.37. The quantitative estimate of drug-likeness (QED) is 0.792. The molecule has 2 aromatic rings. The summed E-state index contributed by atoms with van der Waals surface area (Å²) in [4.78, 5) is 7.37. The van der Waals surface area contributed by atoms with Gasteiger partial charge in [0.05, 0.1) is 11.6 Å². The van der Waals surface area contributed by atoms with Crippen molar-refractivity contribution < 1.29 is 9.50 Å². The molecule has 4 nitrogen and oxygen atoms in total. The Bertz CT molecular complexity index is 567. The molecule has 1 aliphatic heterocycles. The molecule has 21 heavy (non-hydrogen) atoms.